The molecule has 1 amide bonds. The van der Waals surface area contributed by atoms with Crippen molar-refractivity contribution in [1.29, 1.82) is 0 Å². The summed E-state index contributed by atoms with van der Waals surface area (Å²) in [6.07, 6.45) is 3.47. The van der Waals surface area contributed by atoms with E-state index in [9.17, 15) is 4.79 Å². The molecule has 0 radical (unpaired) electrons. The highest BCUT2D eigenvalue weighted by atomic mass is 32.2. The lowest BCUT2D eigenvalue weighted by atomic mass is 10.2. The minimum atomic E-state index is 0.114. The minimum Gasteiger partial charge on any atom is -0.350 e. The highest BCUT2D eigenvalue weighted by Gasteiger charge is 2.16. The van der Waals surface area contributed by atoms with E-state index in [1.54, 1.807) is 11.3 Å². The molecule has 2 heterocycles. The summed E-state index contributed by atoms with van der Waals surface area (Å²) in [5, 5.41) is 7.30. The average Bonchev–Trinajstić information content (AvgIpc) is 2.85. The Morgan fingerprint density at radius 3 is 3.22 bits per heavy atom. The number of nitrogens with zero attached hydrogens (tertiary/aromatic N) is 1. The Labute approximate surface area is 116 Å². The van der Waals surface area contributed by atoms with E-state index >= 15 is 0 Å². The topological polar surface area (TPSA) is 54.0 Å². The first-order chi connectivity index (χ1) is 8.78. The number of nitrogens with one attached hydrogen (secondary N) is 2. The molecule has 2 rings (SSSR count). The Morgan fingerprint density at radius 1 is 1.67 bits per heavy atom. The molecule has 1 unspecified atom stereocenters. The van der Waals surface area contributed by atoms with Crippen molar-refractivity contribution in [3.8, 4) is 0 Å². The zero-order valence-electron chi connectivity index (χ0n) is 10.6. The summed E-state index contributed by atoms with van der Waals surface area (Å²) in [6, 6.07) is 0.325. The van der Waals surface area contributed by atoms with E-state index in [4.69, 9.17) is 0 Å². The monoisotopic (exact) mass is 285 g/mol. The third-order valence-electron chi connectivity index (χ3n) is 2.82. The quantitative estimate of drug-likeness (QED) is 0.859. The van der Waals surface area contributed by atoms with Gasteiger partial charge in [-0.25, -0.2) is 4.98 Å². The van der Waals surface area contributed by atoms with Gasteiger partial charge in [-0.15, -0.1) is 11.3 Å². The molecule has 1 aromatic rings. The molecular weight excluding hydrogens is 266 g/mol. The zero-order valence-corrected chi connectivity index (χ0v) is 12.2. The highest BCUT2D eigenvalue weighted by molar-refractivity contribution is 7.99. The molecule has 2 N–H and O–H groups in total. The second-order valence-corrected chi connectivity index (χ2v) is 6.63. The number of thioether (sulfide) groups is 1. The molecule has 1 fully saturated rings. The molecule has 1 aromatic heterocycles. The number of hydrogen-bond donors (Lipinski definition) is 2. The number of rotatable bonds is 5. The highest BCUT2D eigenvalue weighted by Crippen LogP contribution is 2.13. The van der Waals surface area contributed by atoms with E-state index in [0.29, 0.717) is 19.0 Å². The van der Waals surface area contributed by atoms with Crippen molar-refractivity contribution in [1.82, 2.24) is 15.6 Å². The van der Waals surface area contributed by atoms with Crippen molar-refractivity contribution in [3.05, 3.63) is 16.1 Å². The molecule has 0 aliphatic carbocycles. The number of hydrogen-bond acceptors (Lipinski definition) is 5. The van der Waals surface area contributed by atoms with Gasteiger partial charge in [0.15, 0.2) is 0 Å². The fraction of sp³-hybridized carbons (Fsp3) is 0.667. The number of amides is 1. The zero-order chi connectivity index (χ0) is 12.8. The Hall–Kier alpha value is -0.590. The molecule has 18 heavy (non-hydrogen) atoms. The van der Waals surface area contributed by atoms with Crippen molar-refractivity contribution < 1.29 is 4.79 Å². The van der Waals surface area contributed by atoms with Gasteiger partial charge in [0.2, 0.25) is 5.91 Å². The van der Waals surface area contributed by atoms with Gasteiger partial charge in [0.05, 0.1) is 6.54 Å². The average molecular weight is 285 g/mol. The van der Waals surface area contributed by atoms with Gasteiger partial charge in [-0.1, -0.05) is 6.92 Å². The second-order valence-electron chi connectivity index (χ2n) is 4.28. The fourth-order valence-electron chi connectivity index (χ4n) is 1.81. The van der Waals surface area contributed by atoms with Crippen molar-refractivity contribution in [2.24, 2.45) is 0 Å². The van der Waals surface area contributed by atoms with E-state index in [2.05, 4.69) is 22.5 Å². The summed E-state index contributed by atoms with van der Waals surface area (Å²) in [5.41, 5.74) is 0. The molecule has 100 valence electrons. The van der Waals surface area contributed by atoms with Gasteiger partial charge in [-0.2, -0.15) is 11.8 Å². The van der Waals surface area contributed by atoms with Gasteiger partial charge in [0.25, 0.3) is 0 Å². The van der Waals surface area contributed by atoms with E-state index in [1.807, 2.05) is 18.0 Å². The molecule has 1 atom stereocenters. The maximum Gasteiger partial charge on any atom is 0.221 e. The first-order valence-electron chi connectivity index (χ1n) is 6.29. The molecule has 0 aromatic carbocycles. The minimum absolute atomic E-state index is 0.114. The Kier molecular flexibility index (Phi) is 5.46. The van der Waals surface area contributed by atoms with Gasteiger partial charge < -0.3 is 10.6 Å². The smallest absolute Gasteiger partial charge is 0.221 e. The lowest BCUT2D eigenvalue weighted by molar-refractivity contribution is -0.121. The Bertz CT molecular complexity index is 388. The Morgan fingerprint density at radius 2 is 2.56 bits per heavy atom. The van der Waals surface area contributed by atoms with Crippen LogP contribution in [0.4, 0.5) is 0 Å². The number of aromatic nitrogens is 1. The number of carbonyl (C=O) groups is 1. The van der Waals surface area contributed by atoms with E-state index in [0.717, 1.165) is 29.5 Å². The number of aryl methyl sites for hydroxylation is 1. The SMILES string of the molecule is CCc1cnc(CNC(=O)CC2CSCCN2)s1. The van der Waals surface area contributed by atoms with Gasteiger partial charge in [-0.05, 0) is 6.42 Å². The van der Waals surface area contributed by atoms with Crippen molar-refractivity contribution in [2.75, 3.05) is 18.1 Å². The van der Waals surface area contributed by atoms with E-state index < -0.39 is 0 Å². The standard InChI is InChI=1S/C12H19N3OS2/c1-2-10-6-15-12(18-10)7-14-11(16)5-9-8-17-4-3-13-9/h6,9,13H,2-5,7-8H2,1H3,(H,14,16). The van der Waals surface area contributed by atoms with Crippen LogP contribution in [0.3, 0.4) is 0 Å². The summed E-state index contributed by atoms with van der Waals surface area (Å²) in [6.45, 7) is 3.68. The molecule has 6 heteroatoms. The van der Waals surface area contributed by atoms with Crippen LogP contribution in [0.2, 0.25) is 0 Å². The van der Waals surface area contributed by atoms with E-state index in [-0.39, 0.29) is 5.91 Å². The summed E-state index contributed by atoms with van der Waals surface area (Å²) < 4.78 is 0. The van der Waals surface area contributed by atoms with Crippen LogP contribution in [-0.4, -0.2) is 35.0 Å². The summed E-state index contributed by atoms with van der Waals surface area (Å²) >= 11 is 3.59. The maximum absolute atomic E-state index is 11.8. The molecule has 0 bridgehead atoms. The van der Waals surface area contributed by atoms with Gasteiger partial charge >= 0.3 is 0 Å². The summed E-state index contributed by atoms with van der Waals surface area (Å²) in [7, 11) is 0. The van der Waals surface area contributed by atoms with Gasteiger partial charge in [0.1, 0.15) is 5.01 Å². The third kappa shape index (κ3) is 4.26. The van der Waals surface area contributed by atoms with Crippen LogP contribution in [0.25, 0.3) is 0 Å². The molecular formula is C12H19N3OS2. The van der Waals surface area contributed by atoms with Crippen molar-refractivity contribution in [3.63, 3.8) is 0 Å². The van der Waals surface area contributed by atoms with Crippen LogP contribution < -0.4 is 10.6 Å². The molecule has 0 saturated carbocycles. The summed E-state index contributed by atoms with van der Waals surface area (Å²) in [4.78, 5) is 17.3. The first kappa shape index (κ1) is 13.8. The molecule has 1 saturated heterocycles. The van der Waals surface area contributed by atoms with E-state index in [1.165, 1.54) is 4.88 Å². The predicted octanol–water partition coefficient (Wildman–Crippen LogP) is 1.42. The second kappa shape index (κ2) is 7.11. The predicted molar refractivity (Wildman–Crippen MR) is 77.1 cm³/mol. The normalized spacial score (nSPS) is 19.7. The molecule has 4 nitrogen and oxygen atoms in total. The van der Waals surface area contributed by atoms with Crippen molar-refractivity contribution in [2.45, 2.75) is 32.4 Å². The maximum atomic E-state index is 11.8. The molecule has 1 aliphatic heterocycles. The van der Waals surface area contributed by atoms with Crippen LogP contribution in [0.5, 0.6) is 0 Å². The molecule has 0 spiro atoms. The lowest BCUT2D eigenvalue weighted by Crippen LogP contribution is -2.41. The van der Waals surface area contributed by atoms with Crippen LogP contribution >= 0.6 is 23.1 Å². The molecule has 1 aliphatic rings. The lowest BCUT2D eigenvalue weighted by Gasteiger charge is -2.22. The summed E-state index contributed by atoms with van der Waals surface area (Å²) in [5.74, 6) is 2.30. The van der Waals surface area contributed by atoms with Gasteiger partial charge in [-0.3, -0.25) is 4.79 Å². The largest absolute Gasteiger partial charge is 0.350 e. The van der Waals surface area contributed by atoms with Crippen LogP contribution in [0.15, 0.2) is 6.20 Å². The third-order valence-corrected chi connectivity index (χ3v) is 5.09. The number of thiazole rings is 1. The van der Waals surface area contributed by atoms with Gasteiger partial charge in [0, 0.05) is 41.6 Å². The first-order valence-corrected chi connectivity index (χ1v) is 8.26. The Balaban J connectivity index is 1.70. The van der Waals surface area contributed by atoms with Crippen LogP contribution in [0.1, 0.15) is 23.2 Å². The van der Waals surface area contributed by atoms with Crippen LogP contribution in [-0.2, 0) is 17.8 Å². The van der Waals surface area contributed by atoms with Crippen LogP contribution in [0, 0.1) is 0 Å². The fourth-order valence-corrected chi connectivity index (χ4v) is 3.57. The van der Waals surface area contributed by atoms with Crippen molar-refractivity contribution >= 4 is 29.0 Å². The number of carbonyl (C=O) groups excluding carboxylic acids is 1.